The first-order valence-corrected chi connectivity index (χ1v) is 10.5. The second-order valence-electron chi connectivity index (χ2n) is 6.62. The van der Waals surface area contributed by atoms with E-state index in [1.165, 1.54) is 17.3 Å². The molecule has 30 heavy (non-hydrogen) atoms. The van der Waals surface area contributed by atoms with E-state index < -0.39 is 6.10 Å². The molecule has 2 aromatic carbocycles. The van der Waals surface area contributed by atoms with Crippen LogP contribution < -0.4 is 9.47 Å². The van der Waals surface area contributed by atoms with Crippen molar-refractivity contribution in [2.75, 3.05) is 6.61 Å². The number of rotatable bonds is 6. The van der Waals surface area contributed by atoms with Crippen molar-refractivity contribution < 1.29 is 18.4 Å². The first-order valence-electron chi connectivity index (χ1n) is 9.55. The Morgan fingerprint density at radius 2 is 1.87 bits per heavy atom. The number of fused-ring (bicyclic) bond motifs is 1. The summed E-state index contributed by atoms with van der Waals surface area (Å²) in [5, 5.41) is 12.6. The average Bonchev–Trinajstić information content (AvgIpc) is 3.47. The highest BCUT2D eigenvalue weighted by Gasteiger charge is 2.27. The van der Waals surface area contributed by atoms with Gasteiger partial charge in [0.1, 0.15) is 6.61 Å². The van der Waals surface area contributed by atoms with Crippen LogP contribution in [0.4, 0.5) is 0 Å². The van der Waals surface area contributed by atoms with Crippen LogP contribution in [-0.4, -0.2) is 26.9 Å². The van der Waals surface area contributed by atoms with Gasteiger partial charge in [0.05, 0.1) is 5.75 Å². The molecule has 5 rings (SSSR count). The van der Waals surface area contributed by atoms with E-state index in [1.54, 1.807) is 0 Å². The molecule has 3 heterocycles. The van der Waals surface area contributed by atoms with E-state index >= 15 is 0 Å². The Labute approximate surface area is 176 Å². The number of para-hydroxylation sites is 2. The van der Waals surface area contributed by atoms with Crippen LogP contribution in [0.15, 0.2) is 62.7 Å². The number of ether oxygens (including phenoxy) is 2. The Kier molecular flexibility index (Phi) is 5.10. The van der Waals surface area contributed by atoms with Crippen LogP contribution in [0.3, 0.4) is 0 Å². The van der Waals surface area contributed by atoms with Crippen LogP contribution in [0, 0.1) is 0 Å². The molecule has 1 aliphatic heterocycles. The molecular formula is C21H18N4O4S. The molecule has 0 radical (unpaired) electrons. The Morgan fingerprint density at radius 3 is 2.70 bits per heavy atom. The zero-order chi connectivity index (χ0) is 20.3. The van der Waals surface area contributed by atoms with Gasteiger partial charge in [-0.1, -0.05) is 60.2 Å². The normalized spacial score (nSPS) is 15.3. The maximum atomic E-state index is 5.89. The van der Waals surface area contributed by atoms with E-state index in [0.29, 0.717) is 46.7 Å². The van der Waals surface area contributed by atoms with Gasteiger partial charge in [-0.15, -0.1) is 10.2 Å². The standard InChI is InChI=1S/C21H18N4O4S/c1-2-13-7-9-14(10-8-13)19-22-18(29-25-19)12-30-21-24-23-20(28-21)17-11-26-15-5-3-4-6-16(15)27-17/h3-10,17H,2,11-12H2,1H3/t17-/m1/s1. The molecule has 0 bridgehead atoms. The summed E-state index contributed by atoms with van der Waals surface area (Å²) in [5.74, 6) is 3.21. The van der Waals surface area contributed by atoms with Crippen molar-refractivity contribution in [3.8, 4) is 22.9 Å². The van der Waals surface area contributed by atoms with E-state index in [4.69, 9.17) is 18.4 Å². The van der Waals surface area contributed by atoms with E-state index in [1.807, 2.05) is 36.4 Å². The van der Waals surface area contributed by atoms with Gasteiger partial charge in [0, 0.05) is 5.56 Å². The van der Waals surface area contributed by atoms with Gasteiger partial charge >= 0.3 is 0 Å². The SMILES string of the molecule is CCc1ccc(-c2noc(CSc3nnc([C@H]4COc5ccccc5O4)o3)n2)cc1. The van der Waals surface area contributed by atoms with Crippen molar-refractivity contribution in [3.05, 3.63) is 65.9 Å². The van der Waals surface area contributed by atoms with E-state index in [9.17, 15) is 0 Å². The Hall–Kier alpha value is -3.33. The molecule has 0 saturated heterocycles. The Balaban J connectivity index is 1.21. The number of hydrogen-bond acceptors (Lipinski definition) is 9. The van der Waals surface area contributed by atoms with Crippen LogP contribution in [0.5, 0.6) is 11.5 Å². The monoisotopic (exact) mass is 422 g/mol. The summed E-state index contributed by atoms with van der Waals surface area (Å²) in [5.41, 5.74) is 2.18. The zero-order valence-corrected chi connectivity index (χ0v) is 17.0. The Morgan fingerprint density at radius 1 is 1.03 bits per heavy atom. The maximum Gasteiger partial charge on any atom is 0.277 e. The first kappa shape index (κ1) is 18.7. The molecule has 9 heteroatoms. The van der Waals surface area contributed by atoms with Gasteiger partial charge in [-0.25, -0.2) is 0 Å². The molecule has 8 nitrogen and oxygen atoms in total. The fourth-order valence-corrected chi connectivity index (χ4v) is 3.60. The van der Waals surface area contributed by atoms with E-state index in [2.05, 4.69) is 39.4 Å². The minimum Gasteiger partial charge on any atom is -0.485 e. The van der Waals surface area contributed by atoms with Gasteiger partial charge < -0.3 is 18.4 Å². The first-order chi connectivity index (χ1) is 14.8. The Bertz CT molecular complexity index is 1140. The number of nitrogens with zero attached hydrogens (tertiary/aromatic N) is 4. The maximum absolute atomic E-state index is 5.89. The quantitative estimate of drug-likeness (QED) is 0.416. The highest BCUT2D eigenvalue weighted by Crippen LogP contribution is 2.36. The molecule has 0 amide bonds. The van der Waals surface area contributed by atoms with Crippen LogP contribution in [0.25, 0.3) is 11.4 Å². The molecule has 0 spiro atoms. The van der Waals surface area contributed by atoms with Gasteiger partial charge in [-0.3, -0.25) is 0 Å². The molecule has 152 valence electrons. The summed E-state index contributed by atoms with van der Waals surface area (Å²) in [6.07, 6.45) is 0.549. The molecule has 2 aromatic heterocycles. The van der Waals surface area contributed by atoms with Gasteiger partial charge in [0.2, 0.25) is 17.8 Å². The summed E-state index contributed by atoms with van der Waals surface area (Å²) >= 11 is 1.33. The van der Waals surface area contributed by atoms with Crippen LogP contribution in [0.1, 0.15) is 30.4 Å². The lowest BCUT2D eigenvalue weighted by Crippen LogP contribution is -2.21. The largest absolute Gasteiger partial charge is 0.485 e. The predicted octanol–water partition coefficient (Wildman–Crippen LogP) is 4.49. The third-order valence-corrected chi connectivity index (χ3v) is 5.42. The highest BCUT2D eigenvalue weighted by molar-refractivity contribution is 7.98. The summed E-state index contributed by atoms with van der Waals surface area (Å²) < 4.78 is 22.7. The lowest BCUT2D eigenvalue weighted by Gasteiger charge is -2.23. The molecule has 0 aliphatic carbocycles. The van der Waals surface area contributed by atoms with Crippen molar-refractivity contribution in [1.29, 1.82) is 0 Å². The number of benzene rings is 2. The fourth-order valence-electron chi connectivity index (χ4n) is 2.99. The average molecular weight is 422 g/mol. The van der Waals surface area contributed by atoms with Gasteiger partial charge in [0.25, 0.3) is 11.1 Å². The molecule has 1 atom stereocenters. The van der Waals surface area contributed by atoms with E-state index in [0.717, 1.165) is 12.0 Å². The molecule has 0 unspecified atom stereocenters. The predicted molar refractivity (Wildman–Crippen MR) is 108 cm³/mol. The topological polar surface area (TPSA) is 96.3 Å². The van der Waals surface area contributed by atoms with Crippen molar-refractivity contribution >= 4 is 11.8 Å². The number of thioether (sulfide) groups is 1. The minimum absolute atomic E-state index is 0.313. The molecular weight excluding hydrogens is 404 g/mol. The van der Waals surface area contributed by atoms with Crippen LogP contribution in [0.2, 0.25) is 0 Å². The van der Waals surface area contributed by atoms with Gasteiger partial charge in [-0.2, -0.15) is 4.98 Å². The smallest absolute Gasteiger partial charge is 0.277 e. The lowest BCUT2D eigenvalue weighted by molar-refractivity contribution is 0.0686. The number of aromatic nitrogens is 4. The van der Waals surface area contributed by atoms with Crippen molar-refractivity contribution in [3.63, 3.8) is 0 Å². The van der Waals surface area contributed by atoms with Crippen molar-refractivity contribution in [2.45, 2.75) is 30.4 Å². The number of hydrogen-bond donors (Lipinski definition) is 0. The third kappa shape index (κ3) is 3.88. The third-order valence-electron chi connectivity index (χ3n) is 4.61. The van der Waals surface area contributed by atoms with Crippen LogP contribution in [-0.2, 0) is 12.2 Å². The zero-order valence-electron chi connectivity index (χ0n) is 16.1. The molecule has 0 fully saturated rings. The second-order valence-corrected chi connectivity index (χ2v) is 7.55. The number of aryl methyl sites for hydroxylation is 1. The molecule has 0 N–H and O–H groups in total. The van der Waals surface area contributed by atoms with E-state index in [-0.39, 0.29) is 0 Å². The van der Waals surface area contributed by atoms with Gasteiger partial charge in [0.15, 0.2) is 11.5 Å². The summed E-state index contributed by atoms with van der Waals surface area (Å²) in [6, 6.07) is 15.6. The second kappa shape index (κ2) is 8.19. The fraction of sp³-hybridized carbons (Fsp3) is 0.238. The molecule has 4 aromatic rings. The summed E-state index contributed by atoms with van der Waals surface area (Å²) in [4.78, 5) is 4.44. The van der Waals surface area contributed by atoms with Crippen molar-refractivity contribution in [1.82, 2.24) is 20.3 Å². The summed E-state index contributed by atoms with van der Waals surface area (Å²) in [7, 11) is 0. The van der Waals surface area contributed by atoms with Crippen molar-refractivity contribution in [2.24, 2.45) is 0 Å². The van der Waals surface area contributed by atoms with Crippen LogP contribution >= 0.6 is 11.8 Å². The lowest BCUT2D eigenvalue weighted by atomic mass is 10.1. The van der Waals surface area contributed by atoms with Gasteiger partial charge in [-0.05, 0) is 24.1 Å². The highest BCUT2D eigenvalue weighted by atomic mass is 32.2. The summed E-state index contributed by atoms with van der Waals surface area (Å²) in [6.45, 7) is 2.43. The molecule has 1 aliphatic rings. The molecule has 0 saturated carbocycles. The minimum atomic E-state index is -0.442.